The predicted molar refractivity (Wildman–Crippen MR) is 75.3 cm³/mol. The van der Waals surface area contributed by atoms with Crippen LogP contribution in [-0.2, 0) is 23.8 Å². The van der Waals surface area contributed by atoms with E-state index in [2.05, 4.69) is 0 Å². The molecule has 3 aliphatic rings. The van der Waals surface area contributed by atoms with Gasteiger partial charge in [-0.05, 0) is 19.3 Å². The molecule has 0 aromatic carbocycles. The molecule has 3 aliphatic heterocycles. The van der Waals surface area contributed by atoms with Crippen LogP contribution in [0, 0.1) is 5.92 Å². The average molecular weight is 396 g/mol. The highest BCUT2D eigenvalue weighted by atomic mass is 127. The van der Waals surface area contributed by atoms with Gasteiger partial charge in [-0.25, -0.2) is 0 Å². The average Bonchev–Trinajstić information content (AvgIpc) is 3.03. The Labute approximate surface area is 130 Å². The molecule has 1 N–H and O–H groups in total. The summed E-state index contributed by atoms with van der Waals surface area (Å²) in [6.45, 7) is 1.81. The minimum Gasteiger partial charge on any atom is -0.455 e. The van der Waals surface area contributed by atoms with Gasteiger partial charge in [0.05, 0.1) is 12.0 Å². The molecular weight excluding hydrogens is 379 g/mol. The molecule has 6 atom stereocenters. The number of hydrogen-bond donors (Lipinski definition) is 1. The number of rotatable bonds is 5. The first-order chi connectivity index (χ1) is 9.50. The fraction of sp³-hybridized carbons (Fsp3) is 0.846. The van der Waals surface area contributed by atoms with Gasteiger partial charge in [0.2, 0.25) is 0 Å². The molecular formula is C13H17IO6. The third kappa shape index (κ3) is 2.05. The maximum Gasteiger partial charge on any atom is 0.322 e. The van der Waals surface area contributed by atoms with Crippen LogP contribution < -0.4 is 0 Å². The fourth-order valence-electron chi connectivity index (χ4n) is 3.21. The van der Waals surface area contributed by atoms with Gasteiger partial charge in [-0.3, -0.25) is 9.59 Å². The lowest BCUT2D eigenvalue weighted by Gasteiger charge is -2.28. The molecule has 3 heterocycles. The van der Waals surface area contributed by atoms with Crippen LogP contribution in [0.25, 0.3) is 0 Å². The van der Waals surface area contributed by atoms with Crippen LogP contribution >= 0.6 is 22.6 Å². The molecule has 20 heavy (non-hydrogen) atoms. The number of ether oxygens (including phenoxy) is 3. The first kappa shape index (κ1) is 14.5. The Morgan fingerprint density at radius 1 is 1.55 bits per heavy atom. The van der Waals surface area contributed by atoms with E-state index < -0.39 is 15.6 Å². The monoisotopic (exact) mass is 396 g/mol. The van der Waals surface area contributed by atoms with E-state index in [1.807, 2.05) is 29.5 Å². The Bertz CT molecular complexity index is 441. The van der Waals surface area contributed by atoms with Crippen LogP contribution in [0.4, 0.5) is 0 Å². The molecule has 0 aromatic heterocycles. The number of hydrogen-bond acceptors (Lipinski definition) is 6. The lowest BCUT2D eigenvalue weighted by Crippen LogP contribution is -2.44. The molecule has 6 unspecified atom stereocenters. The molecule has 3 fully saturated rings. The molecule has 7 heteroatoms. The number of alkyl halides is 1. The largest absolute Gasteiger partial charge is 0.455 e. The van der Waals surface area contributed by atoms with E-state index in [0.717, 1.165) is 0 Å². The van der Waals surface area contributed by atoms with Gasteiger partial charge in [-0.1, -0.05) is 29.5 Å². The SMILES string of the molecule is CCC(I)(CCO)C(=O)OC1C2CC3C(=O)OC1C3O2. The Morgan fingerprint density at radius 3 is 2.95 bits per heavy atom. The minimum absolute atomic E-state index is 0.0699. The van der Waals surface area contributed by atoms with Crippen molar-refractivity contribution in [2.24, 2.45) is 5.92 Å². The van der Waals surface area contributed by atoms with Gasteiger partial charge in [0.1, 0.15) is 9.53 Å². The quantitative estimate of drug-likeness (QED) is 0.416. The van der Waals surface area contributed by atoms with Gasteiger partial charge in [-0.15, -0.1) is 0 Å². The number of esters is 2. The summed E-state index contributed by atoms with van der Waals surface area (Å²) in [4.78, 5) is 23.9. The zero-order chi connectivity index (χ0) is 14.5. The number of fused-ring (bicyclic) bond motifs is 1. The van der Waals surface area contributed by atoms with Crippen LogP contribution in [0.15, 0.2) is 0 Å². The number of aliphatic hydroxyl groups is 1. The molecule has 6 nitrogen and oxygen atoms in total. The lowest BCUT2D eigenvalue weighted by atomic mass is 9.88. The van der Waals surface area contributed by atoms with Crippen molar-refractivity contribution in [1.29, 1.82) is 0 Å². The van der Waals surface area contributed by atoms with Gasteiger partial charge >= 0.3 is 11.9 Å². The van der Waals surface area contributed by atoms with Gasteiger partial charge in [0.25, 0.3) is 0 Å². The van der Waals surface area contributed by atoms with Gasteiger partial charge < -0.3 is 19.3 Å². The van der Waals surface area contributed by atoms with Crippen molar-refractivity contribution in [1.82, 2.24) is 0 Å². The van der Waals surface area contributed by atoms with E-state index in [4.69, 9.17) is 19.3 Å². The number of carbonyl (C=O) groups excluding carboxylic acids is 2. The van der Waals surface area contributed by atoms with Crippen molar-refractivity contribution >= 4 is 34.5 Å². The van der Waals surface area contributed by atoms with E-state index in [9.17, 15) is 9.59 Å². The van der Waals surface area contributed by atoms with E-state index in [0.29, 0.717) is 19.3 Å². The number of carbonyl (C=O) groups is 2. The van der Waals surface area contributed by atoms with Crippen LogP contribution in [0.3, 0.4) is 0 Å². The summed E-state index contributed by atoms with van der Waals surface area (Å²) in [7, 11) is 0. The summed E-state index contributed by atoms with van der Waals surface area (Å²) >= 11 is 2.03. The molecule has 0 aliphatic carbocycles. The summed E-state index contributed by atoms with van der Waals surface area (Å²) < 4.78 is 15.8. The van der Waals surface area contributed by atoms with E-state index in [1.165, 1.54) is 0 Å². The number of halogens is 1. The molecule has 0 saturated carbocycles. The normalized spacial score (nSPS) is 40.5. The van der Waals surface area contributed by atoms with Gasteiger partial charge in [0.15, 0.2) is 12.2 Å². The van der Waals surface area contributed by atoms with Crippen molar-refractivity contribution in [3.8, 4) is 0 Å². The second kappa shape index (κ2) is 5.10. The molecule has 0 aromatic rings. The zero-order valence-electron chi connectivity index (χ0n) is 11.1. The van der Waals surface area contributed by atoms with Crippen LogP contribution in [0.2, 0.25) is 0 Å². The summed E-state index contributed by atoms with van der Waals surface area (Å²) in [6, 6.07) is 0. The molecule has 3 saturated heterocycles. The second-order valence-corrected chi connectivity index (χ2v) is 7.61. The van der Waals surface area contributed by atoms with Gasteiger partial charge in [-0.2, -0.15) is 0 Å². The zero-order valence-corrected chi connectivity index (χ0v) is 13.2. The van der Waals surface area contributed by atoms with Crippen molar-refractivity contribution in [3.63, 3.8) is 0 Å². The van der Waals surface area contributed by atoms with Crippen molar-refractivity contribution < 1.29 is 28.9 Å². The highest BCUT2D eigenvalue weighted by Crippen LogP contribution is 2.48. The highest BCUT2D eigenvalue weighted by molar-refractivity contribution is 14.1. The van der Waals surface area contributed by atoms with Crippen molar-refractivity contribution in [3.05, 3.63) is 0 Å². The standard InChI is InChI=1S/C13H17IO6/c1-2-13(14,3-4-15)12(17)20-9-7-5-6-8(18-7)10(9)19-11(6)16/h6-10,15H,2-5H2,1H3. The maximum atomic E-state index is 12.3. The molecule has 112 valence electrons. The Hall–Kier alpha value is -0.410. The van der Waals surface area contributed by atoms with E-state index in [-0.39, 0.29) is 36.7 Å². The highest BCUT2D eigenvalue weighted by Gasteiger charge is 2.65. The van der Waals surface area contributed by atoms with E-state index >= 15 is 0 Å². The number of aliphatic hydroxyl groups excluding tert-OH is 1. The summed E-state index contributed by atoms with van der Waals surface area (Å²) in [5.41, 5.74) is 0. The first-order valence-electron chi connectivity index (χ1n) is 6.87. The first-order valence-corrected chi connectivity index (χ1v) is 7.95. The van der Waals surface area contributed by atoms with Crippen molar-refractivity contribution in [2.45, 2.75) is 54.0 Å². The Balaban J connectivity index is 1.70. The van der Waals surface area contributed by atoms with Crippen LogP contribution in [0.5, 0.6) is 0 Å². The Kier molecular flexibility index (Phi) is 3.70. The third-order valence-electron chi connectivity index (χ3n) is 4.46. The topological polar surface area (TPSA) is 82.1 Å². The minimum atomic E-state index is -0.740. The summed E-state index contributed by atoms with van der Waals surface area (Å²) in [5.74, 6) is -0.795. The smallest absolute Gasteiger partial charge is 0.322 e. The lowest BCUT2D eigenvalue weighted by molar-refractivity contribution is -0.162. The van der Waals surface area contributed by atoms with Crippen LogP contribution in [0.1, 0.15) is 26.2 Å². The van der Waals surface area contributed by atoms with E-state index in [1.54, 1.807) is 0 Å². The van der Waals surface area contributed by atoms with Crippen molar-refractivity contribution in [2.75, 3.05) is 6.61 Å². The second-order valence-electron chi connectivity index (χ2n) is 5.55. The van der Waals surface area contributed by atoms with Crippen LogP contribution in [-0.4, -0.2) is 51.5 Å². The molecule has 0 radical (unpaired) electrons. The predicted octanol–water partition coefficient (Wildman–Crippen LogP) is 0.577. The molecule has 2 bridgehead atoms. The summed E-state index contributed by atoms with van der Waals surface area (Å²) in [6.07, 6.45) is 0.0272. The maximum absolute atomic E-state index is 12.3. The Morgan fingerprint density at radius 2 is 2.30 bits per heavy atom. The fourth-order valence-corrected chi connectivity index (χ4v) is 3.58. The summed E-state index contributed by atoms with van der Waals surface area (Å²) in [5, 5.41) is 9.08. The molecule has 3 rings (SSSR count). The molecule has 0 spiro atoms. The molecule has 0 amide bonds. The third-order valence-corrected chi connectivity index (χ3v) is 6.20. The van der Waals surface area contributed by atoms with Gasteiger partial charge in [0, 0.05) is 6.61 Å².